The van der Waals surface area contributed by atoms with E-state index in [1.165, 1.54) is 19.3 Å². The molecule has 5 fully saturated rings. The molecule has 4 aliphatic carbocycles. The number of benzene rings is 1. The molecule has 0 unspecified atom stereocenters. The molecular weight excluding hydrogens is 398 g/mol. The summed E-state index contributed by atoms with van der Waals surface area (Å²) < 4.78 is 2.03. The molecule has 1 aromatic carbocycles. The lowest BCUT2D eigenvalue weighted by Crippen LogP contribution is -2.56. The van der Waals surface area contributed by atoms with Crippen molar-refractivity contribution in [3.05, 3.63) is 54.4 Å². The van der Waals surface area contributed by atoms with Gasteiger partial charge in [-0.25, -0.2) is 0 Å². The van der Waals surface area contributed by atoms with Crippen LogP contribution in [0.1, 0.15) is 61.7 Å². The van der Waals surface area contributed by atoms with Crippen molar-refractivity contribution in [1.82, 2.24) is 14.8 Å². The lowest BCUT2D eigenvalue weighted by Gasteiger charge is -2.56. The molecule has 0 spiro atoms. The minimum absolute atomic E-state index is 0.0802. The van der Waals surface area contributed by atoms with Gasteiger partial charge in [0.2, 0.25) is 5.91 Å². The van der Waals surface area contributed by atoms with Gasteiger partial charge in [0, 0.05) is 48.2 Å². The monoisotopic (exact) mass is 431 g/mol. The van der Waals surface area contributed by atoms with E-state index in [9.17, 15) is 9.59 Å². The lowest BCUT2D eigenvalue weighted by atomic mass is 9.49. The molecule has 168 valence electrons. The van der Waals surface area contributed by atoms with Crippen LogP contribution in [0.4, 0.5) is 0 Å². The van der Waals surface area contributed by atoms with Crippen LogP contribution in [-0.4, -0.2) is 40.4 Å². The van der Waals surface area contributed by atoms with Gasteiger partial charge in [0.05, 0.1) is 0 Å². The molecular formula is C27H33N3O2. The normalized spacial score (nSPS) is 31.6. The number of amides is 2. The Morgan fingerprint density at radius 2 is 1.41 bits per heavy atom. The van der Waals surface area contributed by atoms with E-state index < -0.39 is 0 Å². The zero-order valence-corrected chi connectivity index (χ0v) is 18.7. The Hall–Kier alpha value is -2.56. The van der Waals surface area contributed by atoms with Crippen molar-refractivity contribution in [2.75, 3.05) is 13.1 Å². The fourth-order valence-corrected chi connectivity index (χ4v) is 7.42. The average Bonchev–Trinajstić information content (AvgIpc) is 3.33. The molecule has 5 aliphatic rings. The number of hydrogen-bond acceptors (Lipinski definition) is 2. The number of carbonyl (C=O) groups excluding carboxylic acids is 2. The van der Waals surface area contributed by atoms with Gasteiger partial charge in [0.25, 0.3) is 5.91 Å². The first-order valence-corrected chi connectivity index (χ1v) is 12.4. The van der Waals surface area contributed by atoms with Crippen molar-refractivity contribution in [2.24, 2.45) is 23.2 Å². The van der Waals surface area contributed by atoms with Gasteiger partial charge in [-0.3, -0.25) is 9.59 Å². The van der Waals surface area contributed by atoms with E-state index in [2.05, 4.69) is 5.32 Å². The van der Waals surface area contributed by atoms with Gasteiger partial charge in [-0.2, -0.15) is 0 Å². The van der Waals surface area contributed by atoms with Crippen molar-refractivity contribution in [3.63, 3.8) is 0 Å². The molecule has 0 radical (unpaired) electrons. The zero-order valence-electron chi connectivity index (χ0n) is 18.7. The summed E-state index contributed by atoms with van der Waals surface area (Å²) in [4.78, 5) is 28.3. The molecule has 4 bridgehead atoms. The Bertz CT molecular complexity index is 951. The maximum Gasteiger partial charge on any atom is 0.253 e. The molecule has 2 amide bonds. The topological polar surface area (TPSA) is 54.3 Å². The smallest absolute Gasteiger partial charge is 0.253 e. The Morgan fingerprint density at radius 3 is 1.97 bits per heavy atom. The Balaban J connectivity index is 1.04. The summed E-state index contributed by atoms with van der Waals surface area (Å²) >= 11 is 0. The van der Waals surface area contributed by atoms with Crippen molar-refractivity contribution in [1.29, 1.82) is 0 Å². The van der Waals surface area contributed by atoms with Crippen LogP contribution in [0.3, 0.4) is 0 Å². The SMILES string of the molecule is O=C(c1ccc(-n2cccc2)cc1)N1CCC(NC(=O)C23CC4CC(CC(C4)C2)C3)CC1. The molecule has 5 heteroatoms. The number of carbonyl (C=O) groups is 2. The summed E-state index contributed by atoms with van der Waals surface area (Å²) in [5, 5.41) is 3.42. The Labute approximate surface area is 190 Å². The second kappa shape index (κ2) is 7.79. The standard InChI is InChI=1S/C27H33N3O2/c31-25(22-3-5-24(6-4-22)29-9-1-2-10-29)30-11-7-23(8-12-30)28-26(32)27-16-19-13-20(17-27)15-21(14-19)18-27/h1-6,9-10,19-21,23H,7-8,11-18H2,(H,28,32). The van der Waals surface area contributed by atoms with Crippen LogP contribution in [-0.2, 0) is 4.79 Å². The maximum atomic E-state index is 13.3. The van der Waals surface area contributed by atoms with Crippen LogP contribution in [0.15, 0.2) is 48.8 Å². The zero-order chi connectivity index (χ0) is 21.7. The number of aromatic nitrogens is 1. The molecule has 32 heavy (non-hydrogen) atoms. The van der Waals surface area contributed by atoms with Crippen LogP contribution in [0.25, 0.3) is 5.69 Å². The Kier molecular flexibility index (Phi) is 4.89. The molecule has 4 saturated carbocycles. The summed E-state index contributed by atoms with van der Waals surface area (Å²) in [6, 6.07) is 12.0. The lowest BCUT2D eigenvalue weighted by molar-refractivity contribution is -0.147. The van der Waals surface area contributed by atoms with Crippen LogP contribution in [0.5, 0.6) is 0 Å². The van der Waals surface area contributed by atoms with Crippen molar-refractivity contribution >= 4 is 11.8 Å². The molecule has 1 N–H and O–H groups in total. The summed E-state index contributed by atoms with van der Waals surface area (Å²) in [5.74, 6) is 2.78. The number of likely N-dealkylation sites (tertiary alicyclic amines) is 1. The van der Waals surface area contributed by atoms with E-state index in [0.29, 0.717) is 19.0 Å². The van der Waals surface area contributed by atoms with E-state index in [1.807, 2.05) is 58.3 Å². The molecule has 1 aromatic heterocycles. The largest absolute Gasteiger partial charge is 0.353 e. The third-order valence-electron chi connectivity index (χ3n) is 8.65. The minimum Gasteiger partial charge on any atom is -0.353 e. The van der Waals surface area contributed by atoms with Gasteiger partial charge in [-0.05, 0) is 106 Å². The third kappa shape index (κ3) is 3.56. The van der Waals surface area contributed by atoms with Crippen LogP contribution in [0.2, 0.25) is 0 Å². The molecule has 2 heterocycles. The van der Waals surface area contributed by atoms with Crippen LogP contribution in [0, 0.1) is 23.2 Å². The second-order valence-electron chi connectivity index (χ2n) is 10.9. The summed E-state index contributed by atoms with van der Waals surface area (Å²) in [7, 11) is 0. The highest BCUT2D eigenvalue weighted by Crippen LogP contribution is 2.60. The average molecular weight is 432 g/mol. The van der Waals surface area contributed by atoms with Crippen molar-refractivity contribution in [2.45, 2.75) is 57.4 Å². The van der Waals surface area contributed by atoms with Gasteiger partial charge in [-0.1, -0.05) is 0 Å². The van der Waals surface area contributed by atoms with Crippen molar-refractivity contribution < 1.29 is 9.59 Å². The second-order valence-corrected chi connectivity index (χ2v) is 10.9. The number of nitrogens with zero attached hydrogens (tertiary/aromatic N) is 2. The van der Waals surface area contributed by atoms with E-state index >= 15 is 0 Å². The highest BCUT2D eigenvalue weighted by atomic mass is 16.2. The molecule has 7 rings (SSSR count). The van der Waals surface area contributed by atoms with Gasteiger partial charge >= 0.3 is 0 Å². The van der Waals surface area contributed by atoms with E-state index in [0.717, 1.165) is 61.1 Å². The minimum atomic E-state index is -0.0802. The highest BCUT2D eigenvalue weighted by molar-refractivity contribution is 5.94. The molecule has 5 nitrogen and oxygen atoms in total. The molecule has 1 saturated heterocycles. The number of hydrogen-bond donors (Lipinski definition) is 1. The van der Waals surface area contributed by atoms with Gasteiger partial charge < -0.3 is 14.8 Å². The summed E-state index contributed by atoms with van der Waals surface area (Å²) in [6.45, 7) is 1.42. The van der Waals surface area contributed by atoms with Crippen LogP contribution >= 0.6 is 0 Å². The van der Waals surface area contributed by atoms with Gasteiger partial charge in [0.1, 0.15) is 0 Å². The van der Waals surface area contributed by atoms with Gasteiger partial charge in [-0.15, -0.1) is 0 Å². The fraction of sp³-hybridized carbons (Fsp3) is 0.556. The first kappa shape index (κ1) is 20.1. The summed E-state index contributed by atoms with van der Waals surface area (Å²) in [5.41, 5.74) is 1.71. The Morgan fingerprint density at radius 1 is 0.844 bits per heavy atom. The molecule has 1 aliphatic heterocycles. The quantitative estimate of drug-likeness (QED) is 0.779. The number of nitrogens with one attached hydrogen (secondary N) is 1. The number of piperidine rings is 1. The first-order chi connectivity index (χ1) is 15.6. The predicted octanol–water partition coefficient (Wildman–Crippen LogP) is 4.41. The highest BCUT2D eigenvalue weighted by Gasteiger charge is 2.54. The maximum absolute atomic E-state index is 13.3. The van der Waals surface area contributed by atoms with E-state index in [4.69, 9.17) is 0 Å². The third-order valence-corrected chi connectivity index (χ3v) is 8.65. The van der Waals surface area contributed by atoms with Crippen molar-refractivity contribution in [3.8, 4) is 5.69 Å². The fourth-order valence-electron chi connectivity index (χ4n) is 7.42. The molecule has 0 atom stereocenters. The van der Waals surface area contributed by atoms with Crippen LogP contribution < -0.4 is 5.32 Å². The van der Waals surface area contributed by atoms with E-state index in [-0.39, 0.29) is 17.4 Å². The summed E-state index contributed by atoms with van der Waals surface area (Å²) in [6.07, 6.45) is 13.1. The number of rotatable bonds is 4. The van der Waals surface area contributed by atoms with E-state index in [1.54, 1.807) is 0 Å². The molecule has 2 aromatic rings. The first-order valence-electron chi connectivity index (χ1n) is 12.4. The predicted molar refractivity (Wildman–Crippen MR) is 123 cm³/mol. The van der Waals surface area contributed by atoms with Gasteiger partial charge in [0.15, 0.2) is 0 Å².